The van der Waals surface area contributed by atoms with Gasteiger partial charge in [-0.25, -0.2) is 4.79 Å². The van der Waals surface area contributed by atoms with Crippen molar-refractivity contribution in [1.82, 2.24) is 0 Å². The molecule has 0 unspecified atom stereocenters. The fraction of sp³-hybridized carbons (Fsp3) is 0.833. The Morgan fingerprint density at radius 3 is 1.67 bits per heavy atom. The van der Waals surface area contributed by atoms with Gasteiger partial charge in [-0.05, 0) is 26.7 Å². The molecule has 21 heavy (non-hydrogen) atoms. The van der Waals surface area contributed by atoms with Crippen molar-refractivity contribution in [1.29, 1.82) is 0 Å². The van der Waals surface area contributed by atoms with Crippen molar-refractivity contribution in [2.24, 2.45) is 0 Å². The fourth-order valence-electron chi connectivity index (χ4n) is 2.15. The summed E-state index contributed by atoms with van der Waals surface area (Å²) in [7, 11) is 0. The van der Waals surface area contributed by atoms with Crippen LogP contribution < -0.4 is 0 Å². The molecule has 0 bridgehead atoms. The van der Waals surface area contributed by atoms with E-state index in [1.165, 1.54) is 51.4 Å². The zero-order valence-corrected chi connectivity index (χ0v) is 14.1. The number of carbonyl (C=O) groups excluding carboxylic acids is 1. The van der Waals surface area contributed by atoms with Gasteiger partial charge in [-0.2, -0.15) is 0 Å². The quantitative estimate of drug-likeness (QED) is 0.241. The van der Waals surface area contributed by atoms with Crippen LogP contribution in [0.15, 0.2) is 12.2 Å². The predicted molar refractivity (Wildman–Crippen MR) is 88.4 cm³/mol. The van der Waals surface area contributed by atoms with Crippen LogP contribution in [0.25, 0.3) is 0 Å². The van der Waals surface area contributed by atoms with E-state index in [2.05, 4.69) is 6.58 Å². The Morgan fingerprint density at radius 2 is 1.24 bits per heavy atom. The summed E-state index contributed by atoms with van der Waals surface area (Å²) in [6.45, 7) is 9.58. The minimum Gasteiger partial charge on any atom is -0.462 e. The number of carbonyl (C=O) groups is 1. The topological polar surface area (TPSA) is 35.5 Å². The van der Waals surface area contributed by atoms with Gasteiger partial charge in [0.05, 0.1) is 6.61 Å². The largest absolute Gasteiger partial charge is 0.462 e. The summed E-state index contributed by atoms with van der Waals surface area (Å²) in [6, 6.07) is 0. The van der Waals surface area contributed by atoms with Gasteiger partial charge in [0.15, 0.2) is 0 Å². The molecule has 124 valence electrons. The molecule has 0 rings (SSSR count). The van der Waals surface area contributed by atoms with E-state index in [4.69, 9.17) is 9.47 Å². The van der Waals surface area contributed by atoms with Crippen molar-refractivity contribution in [3.8, 4) is 0 Å². The summed E-state index contributed by atoms with van der Waals surface area (Å²) in [4.78, 5) is 11.1. The smallest absolute Gasteiger partial charge is 0.333 e. The van der Waals surface area contributed by atoms with Crippen LogP contribution in [0, 0.1) is 0 Å². The summed E-state index contributed by atoms with van der Waals surface area (Å²) in [5, 5.41) is 0. The standard InChI is InChI=1S/C18H34O3/c1-4-20-15-13-11-9-7-5-6-8-10-12-14-16-21-18(19)17(2)3/h2,4-16H2,1,3H3. The molecule has 0 aliphatic carbocycles. The van der Waals surface area contributed by atoms with Crippen LogP contribution in [-0.2, 0) is 14.3 Å². The molecule has 0 spiro atoms. The third kappa shape index (κ3) is 15.4. The lowest BCUT2D eigenvalue weighted by Gasteiger charge is -2.05. The van der Waals surface area contributed by atoms with Crippen molar-refractivity contribution >= 4 is 5.97 Å². The molecule has 0 heterocycles. The molecule has 0 aromatic heterocycles. The highest BCUT2D eigenvalue weighted by molar-refractivity contribution is 5.86. The van der Waals surface area contributed by atoms with Gasteiger partial charge in [0, 0.05) is 18.8 Å². The molecule has 0 aliphatic rings. The van der Waals surface area contributed by atoms with Crippen molar-refractivity contribution in [2.45, 2.75) is 78.1 Å². The second-order valence-corrected chi connectivity index (χ2v) is 5.65. The SMILES string of the molecule is C=C(C)C(=O)OCCCCCCCCCCCCOCC. The summed E-state index contributed by atoms with van der Waals surface area (Å²) < 4.78 is 10.4. The molecule has 3 nitrogen and oxygen atoms in total. The van der Waals surface area contributed by atoms with Crippen LogP contribution in [0.1, 0.15) is 78.1 Å². The number of rotatable bonds is 15. The minimum atomic E-state index is -0.265. The number of hydrogen-bond acceptors (Lipinski definition) is 3. The summed E-state index contributed by atoms with van der Waals surface area (Å²) in [5.74, 6) is -0.265. The second kappa shape index (κ2) is 15.6. The van der Waals surface area contributed by atoms with Gasteiger partial charge in [-0.15, -0.1) is 0 Å². The van der Waals surface area contributed by atoms with Gasteiger partial charge >= 0.3 is 5.97 Å². The first kappa shape index (κ1) is 20.2. The van der Waals surface area contributed by atoms with Crippen molar-refractivity contribution in [2.75, 3.05) is 19.8 Å². The summed E-state index contributed by atoms with van der Waals surface area (Å²) in [6.07, 6.45) is 12.5. The lowest BCUT2D eigenvalue weighted by atomic mass is 10.1. The van der Waals surface area contributed by atoms with Crippen LogP contribution in [0.2, 0.25) is 0 Å². The highest BCUT2D eigenvalue weighted by atomic mass is 16.5. The Balaban J connectivity index is 3.06. The molecule has 0 aliphatic heterocycles. The molecule has 3 heteroatoms. The molecule has 0 aromatic carbocycles. The van der Waals surface area contributed by atoms with Gasteiger partial charge in [-0.1, -0.05) is 57.9 Å². The van der Waals surface area contributed by atoms with E-state index in [-0.39, 0.29) is 5.97 Å². The summed E-state index contributed by atoms with van der Waals surface area (Å²) in [5.41, 5.74) is 0.483. The van der Waals surface area contributed by atoms with Crippen LogP contribution in [0.3, 0.4) is 0 Å². The van der Waals surface area contributed by atoms with E-state index in [9.17, 15) is 4.79 Å². The minimum absolute atomic E-state index is 0.265. The normalized spacial score (nSPS) is 10.6. The van der Waals surface area contributed by atoms with Crippen LogP contribution in [0.5, 0.6) is 0 Å². The van der Waals surface area contributed by atoms with E-state index in [1.54, 1.807) is 6.92 Å². The molecule has 0 radical (unpaired) electrons. The van der Waals surface area contributed by atoms with Gasteiger partial charge in [0.2, 0.25) is 0 Å². The average Bonchev–Trinajstić information content (AvgIpc) is 2.47. The molecule has 0 fully saturated rings. The molecule has 0 aromatic rings. The van der Waals surface area contributed by atoms with Crippen molar-refractivity contribution in [3.63, 3.8) is 0 Å². The Hall–Kier alpha value is -0.830. The molecule has 0 amide bonds. The zero-order valence-electron chi connectivity index (χ0n) is 14.1. The van der Waals surface area contributed by atoms with Crippen molar-refractivity contribution in [3.05, 3.63) is 12.2 Å². The lowest BCUT2D eigenvalue weighted by Crippen LogP contribution is -2.05. The zero-order chi connectivity index (χ0) is 15.8. The van der Waals surface area contributed by atoms with E-state index in [0.29, 0.717) is 12.2 Å². The highest BCUT2D eigenvalue weighted by Gasteiger charge is 2.01. The lowest BCUT2D eigenvalue weighted by molar-refractivity contribution is -0.139. The van der Waals surface area contributed by atoms with Gasteiger partial charge in [0.1, 0.15) is 0 Å². The van der Waals surface area contributed by atoms with E-state index < -0.39 is 0 Å². The molecule has 0 atom stereocenters. The molecular formula is C18H34O3. The van der Waals surface area contributed by atoms with Crippen LogP contribution in [-0.4, -0.2) is 25.8 Å². The van der Waals surface area contributed by atoms with Crippen LogP contribution in [0.4, 0.5) is 0 Å². The van der Waals surface area contributed by atoms with E-state index in [1.807, 2.05) is 6.92 Å². The first-order valence-electron chi connectivity index (χ1n) is 8.58. The Bertz CT molecular complexity index is 261. The predicted octanol–water partition coefficient (Wildman–Crippen LogP) is 5.04. The monoisotopic (exact) mass is 298 g/mol. The Morgan fingerprint density at radius 1 is 0.810 bits per heavy atom. The van der Waals surface area contributed by atoms with Crippen molar-refractivity contribution < 1.29 is 14.3 Å². The number of hydrogen-bond donors (Lipinski definition) is 0. The molecule has 0 saturated carbocycles. The molecular weight excluding hydrogens is 264 g/mol. The average molecular weight is 298 g/mol. The third-order valence-electron chi connectivity index (χ3n) is 3.47. The van der Waals surface area contributed by atoms with Gasteiger partial charge < -0.3 is 9.47 Å². The van der Waals surface area contributed by atoms with Crippen LogP contribution >= 0.6 is 0 Å². The number of ether oxygens (including phenoxy) is 2. The van der Waals surface area contributed by atoms with E-state index >= 15 is 0 Å². The highest BCUT2D eigenvalue weighted by Crippen LogP contribution is 2.10. The summed E-state index contributed by atoms with van der Waals surface area (Å²) >= 11 is 0. The maximum atomic E-state index is 11.1. The first-order chi connectivity index (χ1) is 10.2. The van der Waals surface area contributed by atoms with E-state index in [0.717, 1.165) is 26.1 Å². The Kier molecular flexibility index (Phi) is 14.9. The maximum absolute atomic E-state index is 11.1. The second-order valence-electron chi connectivity index (χ2n) is 5.65. The van der Waals surface area contributed by atoms with Gasteiger partial charge in [0.25, 0.3) is 0 Å². The Labute approximate surface area is 131 Å². The van der Waals surface area contributed by atoms with Gasteiger partial charge in [-0.3, -0.25) is 0 Å². The number of esters is 1. The molecule has 0 saturated heterocycles. The first-order valence-corrected chi connectivity index (χ1v) is 8.58. The molecule has 0 N–H and O–H groups in total. The fourth-order valence-corrected chi connectivity index (χ4v) is 2.15. The third-order valence-corrected chi connectivity index (χ3v) is 3.47. The maximum Gasteiger partial charge on any atom is 0.333 e. The number of unbranched alkanes of at least 4 members (excludes halogenated alkanes) is 9.